The third-order valence-corrected chi connectivity index (χ3v) is 6.99. The maximum Gasteiger partial charge on any atom is 0.234 e. The molecule has 35 heavy (non-hydrogen) atoms. The molecular formula is C27H28N6OS. The Labute approximate surface area is 209 Å². The van der Waals surface area contributed by atoms with Gasteiger partial charge in [0, 0.05) is 42.4 Å². The van der Waals surface area contributed by atoms with Crippen molar-refractivity contribution in [2.45, 2.75) is 31.0 Å². The molecule has 1 amide bonds. The molecule has 0 saturated carbocycles. The monoisotopic (exact) mass is 484 g/mol. The molecule has 0 aliphatic carbocycles. The largest absolute Gasteiger partial charge is 0.372 e. The van der Waals surface area contributed by atoms with Crippen molar-refractivity contribution in [2.24, 2.45) is 0 Å². The van der Waals surface area contributed by atoms with E-state index in [4.69, 9.17) is 0 Å². The summed E-state index contributed by atoms with van der Waals surface area (Å²) in [4.78, 5) is 19.3. The summed E-state index contributed by atoms with van der Waals surface area (Å²) in [5.74, 6) is 0.907. The number of nitrogens with one attached hydrogen (secondary N) is 1. The fourth-order valence-electron chi connectivity index (χ4n) is 4.25. The summed E-state index contributed by atoms with van der Waals surface area (Å²) in [6.45, 7) is 2.82. The standard InChI is InChI=1S/C27H28N6OS/c34-25(29-23-11-13-24(14-12-23)32-16-5-2-6-17-32)20-35-27-31-30-26(22-10-7-15-28-18-22)33(27)19-21-8-3-1-4-9-21/h1,3-4,7-15,18H,2,5-6,16-17,19-20H2,(H,29,34). The van der Waals surface area contributed by atoms with Gasteiger partial charge in [0.2, 0.25) is 5.91 Å². The van der Waals surface area contributed by atoms with E-state index in [1.165, 1.54) is 36.7 Å². The van der Waals surface area contributed by atoms with Crippen LogP contribution in [0, 0.1) is 0 Å². The Hall–Kier alpha value is -3.65. The number of hydrogen-bond acceptors (Lipinski definition) is 6. The average Bonchev–Trinajstić information content (AvgIpc) is 3.32. The second-order valence-electron chi connectivity index (χ2n) is 8.55. The number of hydrogen-bond donors (Lipinski definition) is 1. The topological polar surface area (TPSA) is 75.9 Å². The Kier molecular flexibility index (Phi) is 7.38. The van der Waals surface area contributed by atoms with E-state index in [0.717, 1.165) is 35.7 Å². The highest BCUT2D eigenvalue weighted by molar-refractivity contribution is 7.99. The summed E-state index contributed by atoms with van der Waals surface area (Å²) in [7, 11) is 0. The Balaban J connectivity index is 1.25. The minimum atomic E-state index is -0.0714. The Morgan fingerprint density at radius 3 is 2.46 bits per heavy atom. The van der Waals surface area contributed by atoms with Crippen LogP contribution in [-0.2, 0) is 11.3 Å². The van der Waals surface area contributed by atoms with E-state index >= 15 is 0 Å². The minimum absolute atomic E-state index is 0.0714. The quantitative estimate of drug-likeness (QED) is 0.350. The molecule has 0 bridgehead atoms. The van der Waals surface area contributed by atoms with Gasteiger partial charge in [0.15, 0.2) is 11.0 Å². The fraction of sp³-hybridized carbons (Fsp3) is 0.259. The lowest BCUT2D eigenvalue weighted by Gasteiger charge is -2.28. The number of nitrogens with zero attached hydrogens (tertiary/aromatic N) is 5. The van der Waals surface area contributed by atoms with Crippen LogP contribution >= 0.6 is 11.8 Å². The first-order valence-corrected chi connectivity index (χ1v) is 12.9. The predicted molar refractivity (Wildman–Crippen MR) is 141 cm³/mol. The van der Waals surface area contributed by atoms with Crippen LogP contribution in [0.3, 0.4) is 0 Å². The number of rotatable bonds is 8. The molecule has 0 atom stereocenters. The molecule has 0 unspecified atom stereocenters. The maximum absolute atomic E-state index is 12.7. The van der Waals surface area contributed by atoms with Gasteiger partial charge in [-0.05, 0) is 61.2 Å². The average molecular weight is 485 g/mol. The summed E-state index contributed by atoms with van der Waals surface area (Å²) in [5.41, 5.74) is 4.05. The van der Waals surface area contributed by atoms with Crippen molar-refractivity contribution in [2.75, 3.05) is 29.1 Å². The van der Waals surface area contributed by atoms with Crippen LogP contribution in [0.25, 0.3) is 11.4 Å². The number of anilines is 2. The molecule has 0 spiro atoms. The Morgan fingerprint density at radius 1 is 0.914 bits per heavy atom. The lowest BCUT2D eigenvalue weighted by Crippen LogP contribution is -2.29. The molecule has 178 valence electrons. The summed E-state index contributed by atoms with van der Waals surface area (Å²) in [5, 5.41) is 12.5. The van der Waals surface area contributed by atoms with Crippen LogP contribution in [0.15, 0.2) is 84.3 Å². The van der Waals surface area contributed by atoms with Gasteiger partial charge in [0.05, 0.1) is 12.3 Å². The second-order valence-corrected chi connectivity index (χ2v) is 9.49. The first kappa shape index (κ1) is 23.1. The van der Waals surface area contributed by atoms with Gasteiger partial charge in [-0.1, -0.05) is 42.1 Å². The van der Waals surface area contributed by atoms with Crippen LogP contribution in [0.5, 0.6) is 0 Å². The number of carbonyl (C=O) groups is 1. The molecule has 1 aliphatic heterocycles. The van der Waals surface area contributed by atoms with Crippen molar-refractivity contribution in [1.82, 2.24) is 19.7 Å². The number of pyridine rings is 1. The third-order valence-electron chi connectivity index (χ3n) is 6.02. The molecule has 1 saturated heterocycles. The number of carbonyl (C=O) groups excluding carboxylic acids is 1. The molecule has 4 aromatic rings. The lowest BCUT2D eigenvalue weighted by molar-refractivity contribution is -0.113. The predicted octanol–water partition coefficient (Wildman–Crippen LogP) is 5.11. The maximum atomic E-state index is 12.7. The number of amides is 1. The van der Waals surface area contributed by atoms with Crippen molar-refractivity contribution < 1.29 is 4.79 Å². The summed E-state index contributed by atoms with van der Waals surface area (Å²) in [6, 6.07) is 22.1. The van der Waals surface area contributed by atoms with E-state index in [9.17, 15) is 4.79 Å². The van der Waals surface area contributed by atoms with E-state index in [2.05, 4.69) is 49.7 Å². The summed E-state index contributed by atoms with van der Waals surface area (Å²) < 4.78 is 2.04. The van der Waals surface area contributed by atoms with Gasteiger partial charge < -0.3 is 10.2 Å². The SMILES string of the molecule is O=C(CSc1nnc(-c2cccnc2)n1Cc1ccccc1)Nc1ccc(N2CCCCC2)cc1. The first-order valence-electron chi connectivity index (χ1n) is 11.9. The van der Waals surface area contributed by atoms with Gasteiger partial charge in [-0.2, -0.15) is 0 Å². The van der Waals surface area contributed by atoms with Crippen molar-refractivity contribution in [3.8, 4) is 11.4 Å². The van der Waals surface area contributed by atoms with Gasteiger partial charge in [-0.15, -0.1) is 10.2 Å². The molecule has 5 rings (SSSR count). The number of aromatic nitrogens is 4. The molecular weight excluding hydrogens is 456 g/mol. The number of thioether (sulfide) groups is 1. The third kappa shape index (κ3) is 5.89. The van der Waals surface area contributed by atoms with Gasteiger partial charge in [0.25, 0.3) is 0 Å². The highest BCUT2D eigenvalue weighted by Gasteiger charge is 2.17. The van der Waals surface area contributed by atoms with Gasteiger partial charge in [0.1, 0.15) is 0 Å². The molecule has 1 aliphatic rings. The van der Waals surface area contributed by atoms with E-state index in [0.29, 0.717) is 11.7 Å². The normalized spacial score (nSPS) is 13.5. The molecule has 1 fully saturated rings. The highest BCUT2D eigenvalue weighted by Crippen LogP contribution is 2.26. The van der Waals surface area contributed by atoms with Crippen molar-refractivity contribution in [1.29, 1.82) is 0 Å². The van der Waals surface area contributed by atoms with Crippen LogP contribution in [0.4, 0.5) is 11.4 Å². The van der Waals surface area contributed by atoms with Crippen LogP contribution in [0.1, 0.15) is 24.8 Å². The van der Waals surface area contributed by atoms with Crippen LogP contribution < -0.4 is 10.2 Å². The van der Waals surface area contributed by atoms with E-state index in [1.807, 2.05) is 47.0 Å². The molecule has 3 heterocycles. The highest BCUT2D eigenvalue weighted by atomic mass is 32.2. The minimum Gasteiger partial charge on any atom is -0.372 e. The molecule has 0 radical (unpaired) electrons. The summed E-state index contributed by atoms with van der Waals surface area (Å²) >= 11 is 1.38. The van der Waals surface area contributed by atoms with E-state index in [1.54, 1.807) is 12.4 Å². The Morgan fingerprint density at radius 2 is 1.71 bits per heavy atom. The smallest absolute Gasteiger partial charge is 0.234 e. The summed E-state index contributed by atoms with van der Waals surface area (Å²) in [6.07, 6.45) is 7.31. The lowest BCUT2D eigenvalue weighted by atomic mass is 10.1. The van der Waals surface area contributed by atoms with Gasteiger partial charge in [-0.25, -0.2) is 0 Å². The van der Waals surface area contributed by atoms with E-state index in [-0.39, 0.29) is 11.7 Å². The second kappa shape index (κ2) is 11.2. The zero-order chi connectivity index (χ0) is 23.9. The molecule has 8 heteroatoms. The van der Waals surface area contributed by atoms with Crippen molar-refractivity contribution >= 4 is 29.0 Å². The zero-order valence-electron chi connectivity index (χ0n) is 19.5. The van der Waals surface area contributed by atoms with Crippen molar-refractivity contribution in [3.63, 3.8) is 0 Å². The zero-order valence-corrected chi connectivity index (χ0v) is 20.3. The van der Waals surface area contributed by atoms with Gasteiger partial charge in [-0.3, -0.25) is 14.3 Å². The van der Waals surface area contributed by atoms with Crippen molar-refractivity contribution in [3.05, 3.63) is 84.7 Å². The number of benzene rings is 2. The molecule has 7 nitrogen and oxygen atoms in total. The van der Waals surface area contributed by atoms with Gasteiger partial charge >= 0.3 is 0 Å². The first-order chi connectivity index (χ1) is 17.3. The van der Waals surface area contributed by atoms with Crippen LogP contribution in [0.2, 0.25) is 0 Å². The van der Waals surface area contributed by atoms with Crippen LogP contribution in [-0.4, -0.2) is 44.5 Å². The molecule has 2 aromatic carbocycles. The number of piperidine rings is 1. The molecule has 1 N–H and O–H groups in total. The fourth-order valence-corrected chi connectivity index (χ4v) is 4.99. The molecule has 2 aromatic heterocycles. The Bertz CT molecular complexity index is 1240. The van der Waals surface area contributed by atoms with E-state index < -0.39 is 0 Å².